The molecule has 30 heavy (non-hydrogen) atoms. The molecule has 0 saturated heterocycles. The number of benzene rings is 2. The fourth-order valence-electron chi connectivity index (χ4n) is 2.74. The zero-order valence-electron chi connectivity index (χ0n) is 14.4. The van der Waals surface area contributed by atoms with Crippen molar-refractivity contribution in [3.8, 4) is 11.1 Å². The van der Waals surface area contributed by atoms with Crippen molar-refractivity contribution in [1.82, 2.24) is 0 Å². The van der Waals surface area contributed by atoms with Crippen LogP contribution in [0.1, 0.15) is 62.1 Å². The maximum absolute atomic E-state index is 11.7. The Morgan fingerprint density at radius 1 is 0.400 bits per heavy atom. The monoisotopic (exact) mass is 418 g/mol. The Hall–Kier alpha value is -4.74. The molecule has 2 aromatic carbocycles. The third-order valence-corrected chi connectivity index (χ3v) is 3.94. The summed E-state index contributed by atoms with van der Waals surface area (Å²) in [6, 6.07) is 2.15. The average molecular weight is 418 g/mol. The van der Waals surface area contributed by atoms with Crippen LogP contribution in [0.15, 0.2) is 24.3 Å². The summed E-state index contributed by atoms with van der Waals surface area (Å²) in [7, 11) is 0. The van der Waals surface area contributed by atoms with E-state index in [0.29, 0.717) is 24.3 Å². The predicted octanol–water partition coefficient (Wildman–Crippen LogP) is 1.54. The summed E-state index contributed by atoms with van der Waals surface area (Å²) < 4.78 is 0. The molecular formula is C18H10O12. The Morgan fingerprint density at radius 2 is 0.600 bits per heavy atom. The Morgan fingerprint density at radius 3 is 0.733 bits per heavy atom. The molecule has 0 aliphatic carbocycles. The first-order valence-electron chi connectivity index (χ1n) is 7.63. The first-order valence-corrected chi connectivity index (χ1v) is 7.63. The van der Waals surface area contributed by atoms with Crippen molar-refractivity contribution in [3.05, 3.63) is 57.6 Å². The molecule has 0 spiro atoms. The highest BCUT2D eigenvalue weighted by atomic mass is 16.4. The Kier molecular flexibility index (Phi) is 5.54. The van der Waals surface area contributed by atoms with Gasteiger partial charge in [-0.25, -0.2) is 28.8 Å². The van der Waals surface area contributed by atoms with Gasteiger partial charge in [-0.05, 0) is 24.3 Å². The number of hydrogen-bond acceptors (Lipinski definition) is 6. The topological polar surface area (TPSA) is 224 Å². The van der Waals surface area contributed by atoms with Crippen LogP contribution in [0.4, 0.5) is 0 Å². The van der Waals surface area contributed by atoms with Gasteiger partial charge >= 0.3 is 35.8 Å². The second kappa shape index (κ2) is 7.71. The number of carboxylic acids is 6. The van der Waals surface area contributed by atoms with E-state index in [1.165, 1.54) is 0 Å². The van der Waals surface area contributed by atoms with Gasteiger partial charge in [-0.15, -0.1) is 0 Å². The zero-order valence-corrected chi connectivity index (χ0v) is 14.4. The van der Waals surface area contributed by atoms with Crippen molar-refractivity contribution < 1.29 is 59.4 Å². The van der Waals surface area contributed by atoms with E-state index < -0.39 is 80.3 Å². The summed E-state index contributed by atoms with van der Waals surface area (Å²) in [5.41, 5.74) is -7.31. The van der Waals surface area contributed by atoms with Crippen LogP contribution in [-0.4, -0.2) is 66.5 Å². The molecule has 12 heteroatoms. The van der Waals surface area contributed by atoms with Gasteiger partial charge in [0.05, 0.1) is 33.4 Å². The first-order chi connectivity index (χ1) is 13.9. The Balaban J connectivity index is 3.21. The van der Waals surface area contributed by atoms with Gasteiger partial charge in [0.2, 0.25) is 0 Å². The molecule has 0 atom stereocenters. The van der Waals surface area contributed by atoms with Gasteiger partial charge in [0, 0.05) is 11.1 Å². The lowest BCUT2D eigenvalue weighted by atomic mass is 9.85. The molecule has 0 unspecified atom stereocenters. The number of rotatable bonds is 7. The molecule has 154 valence electrons. The van der Waals surface area contributed by atoms with Crippen molar-refractivity contribution >= 4 is 35.8 Å². The van der Waals surface area contributed by atoms with Crippen molar-refractivity contribution in [2.45, 2.75) is 0 Å². The fraction of sp³-hybridized carbons (Fsp3) is 0. The highest BCUT2D eigenvalue weighted by Gasteiger charge is 2.31. The van der Waals surface area contributed by atoms with E-state index in [-0.39, 0.29) is 0 Å². The van der Waals surface area contributed by atoms with Gasteiger partial charge in [0.1, 0.15) is 0 Å². The normalized spacial score (nSPS) is 10.3. The van der Waals surface area contributed by atoms with Gasteiger partial charge in [-0.2, -0.15) is 0 Å². The fourth-order valence-corrected chi connectivity index (χ4v) is 2.74. The van der Waals surface area contributed by atoms with Crippen molar-refractivity contribution in [2.24, 2.45) is 0 Å². The smallest absolute Gasteiger partial charge is 0.336 e. The lowest BCUT2D eigenvalue weighted by Gasteiger charge is -2.17. The van der Waals surface area contributed by atoms with Gasteiger partial charge in [0.25, 0.3) is 0 Å². The molecule has 0 aromatic heterocycles. The lowest BCUT2D eigenvalue weighted by molar-refractivity contribution is 0.0664. The average Bonchev–Trinajstić information content (AvgIpc) is 2.65. The van der Waals surface area contributed by atoms with Crippen LogP contribution in [0, 0.1) is 0 Å². The molecule has 0 aliphatic rings. The lowest BCUT2D eigenvalue weighted by Crippen LogP contribution is -2.16. The van der Waals surface area contributed by atoms with E-state index in [1.807, 2.05) is 0 Å². The molecule has 0 saturated carbocycles. The summed E-state index contributed by atoms with van der Waals surface area (Å²) in [4.78, 5) is 69.3. The highest BCUT2D eigenvalue weighted by molar-refractivity contribution is 6.15. The Labute approximate surface area is 164 Å². The first kappa shape index (κ1) is 21.6. The minimum Gasteiger partial charge on any atom is -0.478 e. The summed E-state index contributed by atoms with van der Waals surface area (Å²) >= 11 is 0. The van der Waals surface area contributed by atoms with Gasteiger partial charge in [-0.3, -0.25) is 0 Å². The van der Waals surface area contributed by atoms with Gasteiger partial charge < -0.3 is 30.6 Å². The van der Waals surface area contributed by atoms with Gasteiger partial charge in [-0.1, -0.05) is 0 Å². The van der Waals surface area contributed by atoms with Crippen molar-refractivity contribution in [3.63, 3.8) is 0 Å². The van der Waals surface area contributed by atoms with E-state index >= 15 is 0 Å². The predicted molar refractivity (Wildman–Crippen MR) is 93.6 cm³/mol. The molecule has 12 nitrogen and oxygen atoms in total. The molecular weight excluding hydrogens is 408 g/mol. The molecule has 2 rings (SSSR count). The molecule has 0 fully saturated rings. The maximum Gasteiger partial charge on any atom is 0.336 e. The van der Waals surface area contributed by atoms with E-state index in [0.717, 1.165) is 0 Å². The van der Waals surface area contributed by atoms with Crippen LogP contribution >= 0.6 is 0 Å². The molecule has 0 amide bonds. The van der Waals surface area contributed by atoms with Crippen LogP contribution in [0.5, 0.6) is 0 Å². The zero-order chi connectivity index (χ0) is 22.9. The largest absolute Gasteiger partial charge is 0.478 e. The van der Waals surface area contributed by atoms with E-state index in [1.54, 1.807) is 0 Å². The third-order valence-electron chi connectivity index (χ3n) is 3.94. The second-order valence-electron chi connectivity index (χ2n) is 5.72. The van der Waals surface area contributed by atoms with Crippen LogP contribution in [0.2, 0.25) is 0 Å². The highest BCUT2D eigenvalue weighted by Crippen LogP contribution is 2.36. The van der Waals surface area contributed by atoms with Crippen molar-refractivity contribution in [1.29, 1.82) is 0 Å². The van der Waals surface area contributed by atoms with Crippen LogP contribution in [0.3, 0.4) is 0 Å². The van der Waals surface area contributed by atoms with E-state index in [2.05, 4.69) is 0 Å². The van der Waals surface area contributed by atoms with E-state index in [9.17, 15) is 49.2 Å². The molecule has 0 bridgehead atoms. The summed E-state index contributed by atoms with van der Waals surface area (Å²) in [6.07, 6.45) is 0. The quantitative estimate of drug-likeness (QED) is 0.376. The minimum absolute atomic E-state index is 0.537. The number of hydrogen-bond donors (Lipinski definition) is 6. The SMILES string of the molecule is O=C(O)c1cc(C(=O)O)c(-c2c(C(=O)O)cc(C(=O)O)cc2C(=O)O)c(C(=O)O)c1. The van der Waals surface area contributed by atoms with Gasteiger partial charge in [0.15, 0.2) is 0 Å². The molecule has 0 aliphatic heterocycles. The number of carbonyl (C=O) groups is 6. The standard InChI is InChI=1S/C18H10O12/c19-13(20)5-1-7(15(23)24)11(8(2-5)16(25)26)12-9(17(27)28)3-6(14(21)22)4-10(12)18(29)30/h1-4H,(H,19,20)(H,21,22)(H,23,24)(H,25,26)(H,27,28)(H,29,30). The maximum atomic E-state index is 11.7. The molecule has 0 radical (unpaired) electrons. The van der Waals surface area contributed by atoms with Crippen LogP contribution < -0.4 is 0 Å². The molecule has 6 N–H and O–H groups in total. The Bertz CT molecular complexity index is 996. The summed E-state index contributed by atoms with van der Waals surface area (Å²) in [5.74, 6) is -10.9. The third kappa shape index (κ3) is 3.77. The summed E-state index contributed by atoms with van der Waals surface area (Å²) in [6.45, 7) is 0. The van der Waals surface area contributed by atoms with Crippen LogP contribution in [0.25, 0.3) is 11.1 Å². The van der Waals surface area contributed by atoms with Crippen LogP contribution in [-0.2, 0) is 0 Å². The molecule has 2 aromatic rings. The molecule has 0 heterocycles. The number of carboxylic acid groups (broad SMARTS) is 6. The van der Waals surface area contributed by atoms with E-state index in [4.69, 9.17) is 10.2 Å². The second-order valence-corrected chi connectivity index (χ2v) is 5.72. The number of aromatic carboxylic acids is 6. The van der Waals surface area contributed by atoms with Crippen molar-refractivity contribution in [2.75, 3.05) is 0 Å². The summed E-state index contributed by atoms with van der Waals surface area (Å²) in [5, 5.41) is 56.1. The minimum atomic E-state index is -1.87.